The number of hydrazone groups is 1. The van der Waals surface area contributed by atoms with Crippen molar-refractivity contribution in [3.05, 3.63) is 0 Å². The predicted octanol–water partition coefficient (Wildman–Crippen LogP) is -1.02. The van der Waals surface area contributed by atoms with Gasteiger partial charge in [-0.1, -0.05) is 0 Å². The van der Waals surface area contributed by atoms with Crippen LogP contribution in [0.1, 0.15) is 0 Å². The van der Waals surface area contributed by atoms with Crippen LogP contribution in [0.15, 0.2) is 10.1 Å². The third kappa shape index (κ3) is 1.81. The molecule has 1 aliphatic rings. The van der Waals surface area contributed by atoms with Gasteiger partial charge >= 0.3 is 0 Å². The van der Waals surface area contributed by atoms with E-state index in [0.717, 1.165) is 25.3 Å². The second-order valence-electron chi connectivity index (χ2n) is 1.83. The first-order valence-electron chi connectivity index (χ1n) is 2.91. The monoisotopic (exact) mass is 126 g/mol. The van der Waals surface area contributed by atoms with Gasteiger partial charge in [0.1, 0.15) is 0 Å². The molecule has 0 unspecified atom stereocenters. The minimum atomic E-state index is 0.792. The van der Waals surface area contributed by atoms with E-state index in [4.69, 9.17) is 5.84 Å². The maximum Gasteiger partial charge on any atom is 0.0689 e. The van der Waals surface area contributed by atoms with E-state index < -0.39 is 0 Å². The Morgan fingerprint density at radius 3 is 3.22 bits per heavy atom. The number of nitrogens with one attached hydrogen (secondary N) is 1. The zero-order valence-electron chi connectivity index (χ0n) is 5.17. The lowest BCUT2D eigenvalue weighted by atomic mass is 10.3. The molecule has 0 aromatic carbocycles. The molecule has 4 heteroatoms. The zero-order valence-corrected chi connectivity index (χ0v) is 5.17. The molecular formula is C5H10N4. The van der Waals surface area contributed by atoms with Crippen LogP contribution in [0.2, 0.25) is 0 Å². The van der Waals surface area contributed by atoms with Gasteiger partial charge in [-0.2, -0.15) is 5.10 Å². The second-order valence-corrected chi connectivity index (χ2v) is 1.83. The summed E-state index contributed by atoms with van der Waals surface area (Å²) in [5.41, 5.74) is 0.934. The molecule has 0 aromatic heterocycles. The van der Waals surface area contributed by atoms with Crippen LogP contribution in [0.5, 0.6) is 0 Å². The molecule has 9 heavy (non-hydrogen) atoms. The molecule has 0 fully saturated rings. The summed E-state index contributed by atoms with van der Waals surface area (Å²) in [5.74, 6) is 4.92. The Bertz CT molecular complexity index is 138. The maximum atomic E-state index is 4.92. The molecule has 1 heterocycles. The van der Waals surface area contributed by atoms with Crippen molar-refractivity contribution in [2.24, 2.45) is 15.9 Å². The van der Waals surface area contributed by atoms with Gasteiger partial charge in [0, 0.05) is 13.1 Å². The van der Waals surface area contributed by atoms with Gasteiger partial charge in [0.2, 0.25) is 0 Å². The summed E-state index contributed by atoms with van der Waals surface area (Å²) >= 11 is 0. The Labute approximate surface area is 53.8 Å². The third-order valence-electron chi connectivity index (χ3n) is 1.13. The van der Waals surface area contributed by atoms with Crippen LogP contribution in [0.25, 0.3) is 0 Å². The minimum Gasteiger partial charge on any atom is -0.323 e. The fourth-order valence-corrected chi connectivity index (χ4v) is 0.723. The highest BCUT2D eigenvalue weighted by molar-refractivity contribution is 6.31. The highest BCUT2D eigenvalue weighted by atomic mass is 15.1. The van der Waals surface area contributed by atoms with Gasteiger partial charge in [-0.25, -0.2) is 0 Å². The summed E-state index contributed by atoms with van der Waals surface area (Å²) in [5, 5.41) is 6.51. The Kier molecular flexibility index (Phi) is 2.21. The molecule has 1 rings (SSSR count). The summed E-state index contributed by atoms with van der Waals surface area (Å²) in [6, 6.07) is 0. The summed E-state index contributed by atoms with van der Waals surface area (Å²) in [6.45, 7) is 2.59. The highest BCUT2D eigenvalue weighted by Crippen LogP contribution is 1.80. The molecule has 50 valence electrons. The Hall–Kier alpha value is -0.900. The van der Waals surface area contributed by atoms with Crippen molar-refractivity contribution in [1.29, 1.82) is 0 Å². The number of nitrogens with two attached hydrogens (primary N) is 1. The lowest BCUT2D eigenvalue weighted by molar-refractivity contribution is 0.741. The van der Waals surface area contributed by atoms with Crippen molar-refractivity contribution in [3.8, 4) is 0 Å². The minimum absolute atomic E-state index is 0.792. The van der Waals surface area contributed by atoms with E-state index in [1.165, 1.54) is 0 Å². The first kappa shape index (κ1) is 6.22. The number of nitrogens with zero attached hydrogens (tertiary/aromatic N) is 2. The molecule has 0 amide bonds. The molecule has 0 saturated carbocycles. The van der Waals surface area contributed by atoms with Crippen molar-refractivity contribution in [2.75, 3.05) is 19.6 Å². The van der Waals surface area contributed by atoms with Crippen LogP contribution >= 0.6 is 0 Å². The fourth-order valence-electron chi connectivity index (χ4n) is 0.723. The van der Waals surface area contributed by atoms with Crippen molar-refractivity contribution >= 4 is 11.9 Å². The van der Waals surface area contributed by atoms with E-state index in [2.05, 4.69) is 15.4 Å². The molecule has 0 bridgehead atoms. The van der Waals surface area contributed by atoms with Crippen LogP contribution in [-0.4, -0.2) is 31.6 Å². The SMILES string of the molecule is N/N=C\C1=NCCNC1. The summed E-state index contributed by atoms with van der Waals surface area (Å²) in [6.07, 6.45) is 1.58. The molecule has 0 spiro atoms. The normalized spacial score (nSPS) is 20.2. The van der Waals surface area contributed by atoms with E-state index in [1.54, 1.807) is 6.21 Å². The average molecular weight is 126 g/mol. The van der Waals surface area contributed by atoms with Crippen molar-refractivity contribution in [3.63, 3.8) is 0 Å². The smallest absolute Gasteiger partial charge is 0.0689 e. The predicted molar refractivity (Wildman–Crippen MR) is 37.9 cm³/mol. The molecule has 0 atom stereocenters. The fraction of sp³-hybridized carbons (Fsp3) is 0.600. The number of rotatable bonds is 1. The molecule has 0 radical (unpaired) electrons. The van der Waals surface area contributed by atoms with E-state index in [-0.39, 0.29) is 0 Å². The van der Waals surface area contributed by atoms with Gasteiger partial charge in [-0.3, -0.25) is 4.99 Å². The van der Waals surface area contributed by atoms with Gasteiger partial charge in [-0.15, -0.1) is 0 Å². The quantitative estimate of drug-likeness (QED) is 0.268. The van der Waals surface area contributed by atoms with Gasteiger partial charge in [0.05, 0.1) is 18.5 Å². The average Bonchev–Trinajstić information content (AvgIpc) is 1.91. The van der Waals surface area contributed by atoms with Crippen LogP contribution in [-0.2, 0) is 0 Å². The van der Waals surface area contributed by atoms with E-state index in [1.807, 2.05) is 0 Å². The standard InChI is InChI=1S/C5H10N4/c6-9-4-5-3-7-1-2-8-5/h4,7H,1-3,6H2/b9-4-. The van der Waals surface area contributed by atoms with Gasteiger partial charge in [0.25, 0.3) is 0 Å². The van der Waals surface area contributed by atoms with Gasteiger partial charge < -0.3 is 11.2 Å². The maximum absolute atomic E-state index is 4.92. The van der Waals surface area contributed by atoms with E-state index in [0.29, 0.717) is 0 Å². The van der Waals surface area contributed by atoms with Gasteiger partial charge in [0.15, 0.2) is 0 Å². The second kappa shape index (κ2) is 3.19. The number of hydrogen-bond acceptors (Lipinski definition) is 4. The summed E-state index contributed by atoms with van der Waals surface area (Å²) in [7, 11) is 0. The lowest BCUT2D eigenvalue weighted by Crippen LogP contribution is -2.31. The third-order valence-corrected chi connectivity index (χ3v) is 1.13. The van der Waals surface area contributed by atoms with Crippen LogP contribution in [0.4, 0.5) is 0 Å². The molecule has 4 nitrogen and oxygen atoms in total. The van der Waals surface area contributed by atoms with Crippen molar-refractivity contribution in [1.82, 2.24) is 5.32 Å². The molecule has 0 saturated heterocycles. The van der Waals surface area contributed by atoms with Crippen LogP contribution < -0.4 is 11.2 Å². The summed E-state index contributed by atoms with van der Waals surface area (Å²) in [4.78, 5) is 4.14. The van der Waals surface area contributed by atoms with Crippen LogP contribution in [0, 0.1) is 0 Å². The van der Waals surface area contributed by atoms with Crippen molar-refractivity contribution in [2.45, 2.75) is 0 Å². The van der Waals surface area contributed by atoms with Crippen molar-refractivity contribution < 1.29 is 0 Å². The Balaban J connectivity index is 2.46. The molecule has 0 aliphatic carbocycles. The zero-order chi connectivity index (χ0) is 6.53. The highest BCUT2D eigenvalue weighted by Gasteiger charge is 1.98. The van der Waals surface area contributed by atoms with E-state index >= 15 is 0 Å². The Morgan fingerprint density at radius 2 is 2.67 bits per heavy atom. The molecule has 1 aliphatic heterocycles. The molecule has 3 N–H and O–H groups in total. The number of aliphatic imine (C=N–C) groups is 1. The Morgan fingerprint density at radius 1 is 1.78 bits per heavy atom. The first-order chi connectivity index (χ1) is 4.43. The van der Waals surface area contributed by atoms with E-state index in [9.17, 15) is 0 Å². The topological polar surface area (TPSA) is 62.8 Å². The largest absolute Gasteiger partial charge is 0.323 e. The lowest BCUT2D eigenvalue weighted by Gasteiger charge is -2.08. The summed E-state index contributed by atoms with van der Waals surface area (Å²) < 4.78 is 0. The van der Waals surface area contributed by atoms with Gasteiger partial charge in [-0.05, 0) is 0 Å². The number of hydrogen-bond donors (Lipinski definition) is 2. The molecule has 0 aromatic rings. The molecular weight excluding hydrogens is 116 g/mol. The first-order valence-corrected chi connectivity index (χ1v) is 2.91. The van der Waals surface area contributed by atoms with Crippen LogP contribution in [0.3, 0.4) is 0 Å².